The third-order valence-corrected chi connectivity index (χ3v) is 3.68. The summed E-state index contributed by atoms with van der Waals surface area (Å²) in [5, 5.41) is 6.73. The third kappa shape index (κ3) is 3.11. The van der Waals surface area contributed by atoms with Gasteiger partial charge in [-0.25, -0.2) is 4.98 Å². The van der Waals surface area contributed by atoms with Crippen LogP contribution in [0.1, 0.15) is 29.4 Å². The van der Waals surface area contributed by atoms with Gasteiger partial charge in [0.05, 0.1) is 12.6 Å². The number of nitrogens with zero attached hydrogens (tertiary/aromatic N) is 1. The van der Waals surface area contributed by atoms with Gasteiger partial charge < -0.3 is 21.1 Å². The number of nitrogens with two attached hydrogens (primary N) is 1. The van der Waals surface area contributed by atoms with E-state index in [1.165, 1.54) is 11.3 Å². The van der Waals surface area contributed by atoms with Gasteiger partial charge in [0.15, 0.2) is 5.13 Å². The number of aromatic nitrogens is 1. The molecule has 7 heteroatoms. The minimum absolute atomic E-state index is 0.0889. The molecule has 0 aromatic carbocycles. The molecule has 1 atom stereocenters. The number of nitrogens with one attached hydrogen (secondary N) is 2. The molecular formula is C11H18N4O2S. The molecule has 1 saturated heterocycles. The molecular weight excluding hydrogens is 252 g/mol. The molecule has 0 radical (unpaired) electrons. The third-order valence-electron chi connectivity index (χ3n) is 2.65. The van der Waals surface area contributed by atoms with E-state index in [-0.39, 0.29) is 17.8 Å². The summed E-state index contributed by atoms with van der Waals surface area (Å²) in [6.45, 7) is 4.17. The summed E-state index contributed by atoms with van der Waals surface area (Å²) in [6, 6.07) is 0.0889. The Morgan fingerprint density at radius 1 is 1.67 bits per heavy atom. The lowest BCUT2D eigenvalue weighted by Crippen LogP contribution is -2.34. The maximum Gasteiger partial charge on any atom is 0.265 e. The zero-order valence-corrected chi connectivity index (χ0v) is 11.2. The van der Waals surface area contributed by atoms with Gasteiger partial charge in [-0.15, -0.1) is 0 Å². The first-order chi connectivity index (χ1) is 8.70. The van der Waals surface area contributed by atoms with Crippen molar-refractivity contribution in [2.24, 2.45) is 0 Å². The van der Waals surface area contributed by atoms with E-state index in [2.05, 4.69) is 22.5 Å². The van der Waals surface area contributed by atoms with Crippen molar-refractivity contribution in [2.45, 2.75) is 25.8 Å². The highest BCUT2D eigenvalue weighted by atomic mass is 32.1. The molecule has 0 bridgehead atoms. The molecule has 0 aliphatic carbocycles. The maximum absolute atomic E-state index is 12.0. The summed E-state index contributed by atoms with van der Waals surface area (Å²) in [5.41, 5.74) is 5.76. The Morgan fingerprint density at radius 2 is 2.50 bits per heavy atom. The number of hydrogen-bond donors (Lipinski definition) is 3. The summed E-state index contributed by atoms with van der Waals surface area (Å²) < 4.78 is 5.21. The van der Waals surface area contributed by atoms with Crippen LogP contribution in [0.15, 0.2) is 0 Å². The number of thiazole rings is 1. The molecule has 1 aromatic heterocycles. The number of carbonyl (C=O) groups is 1. The fraction of sp³-hybridized carbons (Fsp3) is 0.636. The van der Waals surface area contributed by atoms with Gasteiger partial charge in [0.25, 0.3) is 5.91 Å². The van der Waals surface area contributed by atoms with Crippen molar-refractivity contribution < 1.29 is 9.53 Å². The van der Waals surface area contributed by atoms with Gasteiger partial charge in [-0.1, -0.05) is 18.3 Å². The van der Waals surface area contributed by atoms with Crippen LogP contribution in [-0.2, 0) is 4.74 Å². The zero-order valence-electron chi connectivity index (χ0n) is 10.4. The summed E-state index contributed by atoms with van der Waals surface area (Å²) in [4.78, 5) is 16.6. The average Bonchev–Trinajstić information content (AvgIpc) is 2.96. The topological polar surface area (TPSA) is 89.3 Å². The van der Waals surface area contributed by atoms with E-state index in [9.17, 15) is 4.79 Å². The van der Waals surface area contributed by atoms with Crippen LogP contribution < -0.4 is 16.4 Å². The monoisotopic (exact) mass is 270 g/mol. The van der Waals surface area contributed by atoms with Crippen LogP contribution >= 0.6 is 11.3 Å². The van der Waals surface area contributed by atoms with Crippen LogP contribution in [-0.4, -0.2) is 36.7 Å². The van der Waals surface area contributed by atoms with Gasteiger partial charge in [-0.2, -0.15) is 0 Å². The second-order valence-corrected chi connectivity index (χ2v) is 5.19. The Balaban J connectivity index is 1.98. The molecule has 0 saturated carbocycles. The molecule has 1 amide bonds. The molecule has 2 heterocycles. The highest BCUT2D eigenvalue weighted by Crippen LogP contribution is 2.25. The fourth-order valence-electron chi connectivity index (χ4n) is 1.70. The van der Waals surface area contributed by atoms with Gasteiger partial charge in [0, 0.05) is 13.2 Å². The minimum atomic E-state index is -0.162. The van der Waals surface area contributed by atoms with Crippen molar-refractivity contribution >= 4 is 28.2 Å². The fourth-order valence-corrected chi connectivity index (χ4v) is 2.51. The molecule has 1 aliphatic heterocycles. The average molecular weight is 270 g/mol. The van der Waals surface area contributed by atoms with E-state index >= 15 is 0 Å². The molecule has 2 rings (SSSR count). The number of nitrogen functional groups attached to an aromatic ring is 1. The summed E-state index contributed by atoms with van der Waals surface area (Å²) in [6.07, 6.45) is 1.85. The SMILES string of the molecule is CCCNc1nc(N)c(C(=O)NC2CCOC2)s1. The van der Waals surface area contributed by atoms with Crippen molar-refractivity contribution in [3.8, 4) is 0 Å². The number of carbonyl (C=O) groups excluding carboxylic acids is 1. The summed E-state index contributed by atoms with van der Waals surface area (Å²) in [7, 11) is 0. The Labute approximate surface area is 110 Å². The van der Waals surface area contributed by atoms with E-state index < -0.39 is 0 Å². The van der Waals surface area contributed by atoms with Crippen LogP contribution in [0, 0.1) is 0 Å². The van der Waals surface area contributed by atoms with Crippen LogP contribution in [0.2, 0.25) is 0 Å². The lowest BCUT2D eigenvalue weighted by Gasteiger charge is -2.08. The number of hydrogen-bond acceptors (Lipinski definition) is 6. The molecule has 4 N–H and O–H groups in total. The van der Waals surface area contributed by atoms with Crippen LogP contribution in [0.25, 0.3) is 0 Å². The second-order valence-electron chi connectivity index (χ2n) is 4.19. The smallest absolute Gasteiger partial charge is 0.265 e. The van der Waals surface area contributed by atoms with E-state index in [1.54, 1.807) is 0 Å². The zero-order chi connectivity index (χ0) is 13.0. The lowest BCUT2D eigenvalue weighted by atomic mass is 10.2. The quantitative estimate of drug-likeness (QED) is 0.744. The van der Waals surface area contributed by atoms with Crippen molar-refractivity contribution in [3.05, 3.63) is 4.88 Å². The predicted octanol–water partition coefficient (Wildman–Crippen LogP) is 1.07. The highest BCUT2D eigenvalue weighted by molar-refractivity contribution is 7.18. The lowest BCUT2D eigenvalue weighted by molar-refractivity contribution is 0.0934. The van der Waals surface area contributed by atoms with E-state index in [0.717, 1.165) is 19.4 Å². The normalized spacial score (nSPS) is 18.8. The van der Waals surface area contributed by atoms with Crippen LogP contribution in [0.3, 0.4) is 0 Å². The van der Waals surface area contributed by atoms with E-state index in [0.29, 0.717) is 23.2 Å². The van der Waals surface area contributed by atoms with Gasteiger partial charge in [0.2, 0.25) is 0 Å². The summed E-state index contributed by atoms with van der Waals surface area (Å²) >= 11 is 1.29. The molecule has 6 nitrogen and oxygen atoms in total. The second kappa shape index (κ2) is 6.01. The molecule has 18 heavy (non-hydrogen) atoms. The molecule has 1 fully saturated rings. The van der Waals surface area contributed by atoms with Crippen molar-refractivity contribution in [1.82, 2.24) is 10.3 Å². The number of anilines is 2. The van der Waals surface area contributed by atoms with Crippen molar-refractivity contribution in [1.29, 1.82) is 0 Å². The number of amides is 1. The first kappa shape index (κ1) is 13.1. The van der Waals surface area contributed by atoms with Crippen molar-refractivity contribution in [3.63, 3.8) is 0 Å². The van der Waals surface area contributed by atoms with Gasteiger partial charge in [0.1, 0.15) is 10.7 Å². The first-order valence-corrected chi connectivity index (χ1v) is 6.91. The molecule has 100 valence electrons. The molecule has 1 aliphatic rings. The molecule has 1 aromatic rings. The Hall–Kier alpha value is -1.34. The van der Waals surface area contributed by atoms with E-state index in [1.807, 2.05) is 0 Å². The molecule has 1 unspecified atom stereocenters. The van der Waals surface area contributed by atoms with Crippen molar-refractivity contribution in [2.75, 3.05) is 30.8 Å². The minimum Gasteiger partial charge on any atom is -0.382 e. The van der Waals surface area contributed by atoms with Gasteiger partial charge >= 0.3 is 0 Å². The largest absolute Gasteiger partial charge is 0.382 e. The van der Waals surface area contributed by atoms with Crippen LogP contribution in [0.5, 0.6) is 0 Å². The number of rotatable bonds is 5. The standard InChI is InChI=1S/C11H18N4O2S/c1-2-4-13-11-15-9(12)8(18-11)10(16)14-7-3-5-17-6-7/h7H,2-6,12H2,1H3,(H,13,15)(H,14,16). The number of ether oxygens (including phenoxy) is 1. The summed E-state index contributed by atoms with van der Waals surface area (Å²) in [5.74, 6) is 0.125. The molecule has 0 spiro atoms. The predicted molar refractivity (Wildman–Crippen MR) is 72.0 cm³/mol. The highest BCUT2D eigenvalue weighted by Gasteiger charge is 2.22. The van der Waals surface area contributed by atoms with Crippen LogP contribution in [0.4, 0.5) is 10.9 Å². The van der Waals surface area contributed by atoms with E-state index in [4.69, 9.17) is 10.5 Å². The Morgan fingerprint density at radius 3 is 3.17 bits per heavy atom. The first-order valence-electron chi connectivity index (χ1n) is 6.09. The van der Waals surface area contributed by atoms with Gasteiger partial charge in [-0.05, 0) is 12.8 Å². The van der Waals surface area contributed by atoms with Gasteiger partial charge in [-0.3, -0.25) is 4.79 Å². The Kier molecular flexibility index (Phi) is 4.38. The maximum atomic E-state index is 12.0. The Bertz CT molecular complexity index is 415.